The van der Waals surface area contributed by atoms with E-state index >= 15 is 0 Å². The van der Waals surface area contributed by atoms with Crippen molar-refractivity contribution >= 4 is 47.0 Å². The summed E-state index contributed by atoms with van der Waals surface area (Å²) in [5, 5.41) is 13.9. The first-order chi connectivity index (χ1) is 11.7. The molecule has 1 N–H and O–H groups in total. The summed E-state index contributed by atoms with van der Waals surface area (Å²) in [7, 11) is 3.21. The van der Waals surface area contributed by atoms with Crippen LogP contribution in [-0.2, 0) is 16.1 Å². The van der Waals surface area contributed by atoms with E-state index in [1.165, 1.54) is 11.0 Å². The Labute approximate surface area is 173 Å². The van der Waals surface area contributed by atoms with E-state index in [2.05, 4.69) is 5.10 Å². The molecule has 26 heavy (non-hydrogen) atoms. The molecule has 0 saturated heterocycles. The second kappa shape index (κ2) is 9.25. The molecule has 1 aliphatic carbocycles. The second-order valence-corrected chi connectivity index (χ2v) is 6.19. The third kappa shape index (κ3) is 4.90. The fourth-order valence-electron chi connectivity index (χ4n) is 2.63. The molecular formula is C17H22N3NaO5. The minimum atomic E-state index is -0.787. The van der Waals surface area contributed by atoms with Gasteiger partial charge >= 0.3 is 29.6 Å². The zero-order valence-corrected chi connectivity index (χ0v) is 14.5. The number of rotatable bonds is 5. The van der Waals surface area contributed by atoms with E-state index in [0.29, 0.717) is 12.1 Å². The molecule has 0 bridgehead atoms. The van der Waals surface area contributed by atoms with Crippen molar-refractivity contribution in [3.8, 4) is 0 Å². The maximum absolute atomic E-state index is 12.6. The number of aliphatic hydroxyl groups is 1. The monoisotopic (exact) mass is 371 g/mol. The van der Waals surface area contributed by atoms with Crippen LogP contribution in [0.1, 0.15) is 41.7 Å². The van der Waals surface area contributed by atoms with Gasteiger partial charge in [0.05, 0.1) is 17.8 Å². The van der Waals surface area contributed by atoms with Crippen molar-refractivity contribution in [2.24, 2.45) is 0 Å². The summed E-state index contributed by atoms with van der Waals surface area (Å²) in [5.74, 6) is -1.70. The number of amides is 1. The molecule has 9 heteroatoms. The summed E-state index contributed by atoms with van der Waals surface area (Å²) >= 11 is 0. The van der Waals surface area contributed by atoms with Crippen molar-refractivity contribution in [2.45, 2.75) is 39.2 Å². The third-order valence-corrected chi connectivity index (χ3v) is 3.99. The van der Waals surface area contributed by atoms with Crippen LogP contribution >= 0.6 is 0 Å². The molecule has 1 aliphatic rings. The van der Waals surface area contributed by atoms with E-state index in [-0.39, 0.29) is 78.2 Å². The van der Waals surface area contributed by atoms with Gasteiger partial charge in [-0.05, 0) is 19.4 Å². The summed E-state index contributed by atoms with van der Waals surface area (Å²) in [5.41, 5.74) is -0.809. The molecule has 0 unspecified atom stereocenters. The molecule has 2 rings (SSSR count). The first-order valence-electron chi connectivity index (χ1n) is 8.01. The van der Waals surface area contributed by atoms with Crippen LogP contribution in [0.15, 0.2) is 22.2 Å². The molecule has 0 fully saturated rings. The van der Waals surface area contributed by atoms with E-state index in [4.69, 9.17) is 0 Å². The number of nitrogens with zero attached hydrogens (tertiary/aromatic N) is 3. The van der Waals surface area contributed by atoms with Crippen LogP contribution in [0.3, 0.4) is 0 Å². The van der Waals surface area contributed by atoms with Gasteiger partial charge in [-0.25, -0.2) is 4.68 Å². The number of hydrogen-bond donors (Lipinski definition) is 1. The molecular weight excluding hydrogens is 349 g/mol. The van der Waals surface area contributed by atoms with Gasteiger partial charge in [0, 0.05) is 33.4 Å². The summed E-state index contributed by atoms with van der Waals surface area (Å²) in [4.78, 5) is 50.2. The van der Waals surface area contributed by atoms with Crippen LogP contribution in [-0.4, -0.2) is 80.9 Å². The minimum absolute atomic E-state index is 0. The number of carbonyl (C=O) groups excluding carboxylic acids is 3. The Kier molecular flexibility index (Phi) is 7.92. The Morgan fingerprint density at radius 2 is 1.92 bits per heavy atom. The number of aromatic nitrogens is 2. The number of carbonyl (C=O) groups is 3. The van der Waals surface area contributed by atoms with Crippen LogP contribution in [0.4, 0.5) is 0 Å². The Morgan fingerprint density at radius 3 is 2.50 bits per heavy atom. The average Bonchev–Trinajstić information content (AvgIpc) is 2.54. The molecule has 1 aromatic heterocycles. The van der Waals surface area contributed by atoms with E-state index < -0.39 is 17.1 Å². The van der Waals surface area contributed by atoms with E-state index in [9.17, 15) is 24.3 Å². The number of allylic oxidation sites excluding steroid dienone is 2. The molecule has 0 aromatic carbocycles. The van der Waals surface area contributed by atoms with Gasteiger partial charge in [0.15, 0.2) is 5.78 Å². The van der Waals surface area contributed by atoms with Gasteiger partial charge in [-0.15, -0.1) is 0 Å². The van der Waals surface area contributed by atoms with Crippen molar-refractivity contribution < 1.29 is 19.5 Å². The Balaban J connectivity index is 0.00000338. The summed E-state index contributed by atoms with van der Waals surface area (Å²) in [6, 6.07) is 1.30. The average molecular weight is 371 g/mol. The zero-order chi connectivity index (χ0) is 18.7. The Morgan fingerprint density at radius 1 is 1.27 bits per heavy atom. The van der Waals surface area contributed by atoms with Crippen LogP contribution in [0.2, 0.25) is 0 Å². The molecule has 1 amide bonds. The predicted octanol–water partition coefficient (Wildman–Crippen LogP) is 0.129. The quantitative estimate of drug-likeness (QED) is 0.448. The molecule has 136 valence electrons. The van der Waals surface area contributed by atoms with Crippen molar-refractivity contribution in [3.05, 3.63) is 39.0 Å². The van der Waals surface area contributed by atoms with Crippen LogP contribution in [0.5, 0.6) is 0 Å². The molecule has 0 atom stereocenters. The predicted molar refractivity (Wildman–Crippen MR) is 96.5 cm³/mol. The van der Waals surface area contributed by atoms with Crippen LogP contribution < -0.4 is 5.56 Å². The normalized spacial score (nSPS) is 14.0. The third-order valence-electron chi connectivity index (χ3n) is 3.99. The van der Waals surface area contributed by atoms with Crippen molar-refractivity contribution in [2.75, 3.05) is 14.1 Å². The molecule has 0 aliphatic heterocycles. The topological polar surface area (TPSA) is 110 Å². The fourth-order valence-corrected chi connectivity index (χ4v) is 2.63. The Bertz CT molecular complexity index is 826. The van der Waals surface area contributed by atoms with Crippen LogP contribution in [0.25, 0.3) is 0 Å². The van der Waals surface area contributed by atoms with Gasteiger partial charge in [-0.2, -0.15) is 5.10 Å². The van der Waals surface area contributed by atoms with Gasteiger partial charge in [0.25, 0.3) is 5.56 Å². The maximum atomic E-state index is 12.6. The summed E-state index contributed by atoms with van der Waals surface area (Å²) < 4.78 is 1.05. The molecule has 1 aromatic rings. The number of hydrogen-bond acceptors (Lipinski definition) is 6. The second-order valence-electron chi connectivity index (χ2n) is 6.19. The molecule has 0 radical (unpaired) electrons. The van der Waals surface area contributed by atoms with E-state index in [0.717, 1.165) is 4.68 Å². The SMILES string of the molecule is Cc1cc(C(=O)C2=C(O)CCCC2=O)c(=O)n(CCC(=O)N(C)C)n1.[NaH]. The van der Waals surface area contributed by atoms with E-state index in [1.54, 1.807) is 21.0 Å². The summed E-state index contributed by atoms with van der Waals surface area (Å²) in [6.45, 7) is 1.63. The fraction of sp³-hybridized carbons (Fsp3) is 0.471. The van der Waals surface area contributed by atoms with Gasteiger partial charge in [-0.1, -0.05) is 0 Å². The molecule has 0 saturated carbocycles. The summed E-state index contributed by atoms with van der Waals surface area (Å²) in [6.07, 6.45) is 0.945. The molecule has 8 nitrogen and oxygen atoms in total. The standard InChI is InChI=1S/C17H21N3O5.Na.H/c1-10-9-11(16(24)15-12(21)5-4-6-13(15)22)17(25)20(18-10)8-7-14(23)19(2)3;;/h9,21H,4-8H2,1-3H3;;. The zero-order valence-electron chi connectivity index (χ0n) is 14.5. The van der Waals surface area contributed by atoms with Gasteiger partial charge < -0.3 is 10.0 Å². The van der Waals surface area contributed by atoms with Crippen molar-refractivity contribution in [1.82, 2.24) is 14.7 Å². The number of aryl methyl sites for hydroxylation is 2. The number of ketones is 2. The van der Waals surface area contributed by atoms with Gasteiger partial charge in [0.2, 0.25) is 11.7 Å². The van der Waals surface area contributed by atoms with Crippen molar-refractivity contribution in [1.29, 1.82) is 0 Å². The number of aliphatic hydroxyl groups excluding tert-OH is 1. The first kappa shape index (κ1) is 22.3. The van der Waals surface area contributed by atoms with Gasteiger partial charge in [-0.3, -0.25) is 19.2 Å². The van der Waals surface area contributed by atoms with E-state index in [1.807, 2.05) is 0 Å². The molecule has 0 spiro atoms. The number of Topliss-reactive ketones (excluding diaryl/α,β-unsaturated/α-hetero) is 2. The van der Waals surface area contributed by atoms with Crippen LogP contribution in [0, 0.1) is 6.92 Å². The Hall–Kier alpha value is -1.77. The van der Waals surface area contributed by atoms with Gasteiger partial charge in [0.1, 0.15) is 11.3 Å². The molecule has 1 heterocycles. The van der Waals surface area contributed by atoms with Crippen molar-refractivity contribution in [3.63, 3.8) is 0 Å². The first-order valence-corrected chi connectivity index (χ1v) is 8.01.